The number of amides is 1. The molecule has 4 unspecified atom stereocenters. The van der Waals surface area contributed by atoms with Crippen LogP contribution in [-0.4, -0.2) is 66.7 Å². The molecule has 2 fully saturated rings. The summed E-state index contributed by atoms with van der Waals surface area (Å²) in [6.07, 6.45) is -1.48. The van der Waals surface area contributed by atoms with Crippen LogP contribution >= 0.6 is 23.2 Å². The third-order valence-electron chi connectivity index (χ3n) is 7.14. The minimum atomic E-state index is -3.58. The molecule has 2 saturated heterocycles. The fourth-order valence-corrected chi connectivity index (χ4v) is 7.67. The molecule has 206 valence electrons. The fourth-order valence-electron chi connectivity index (χ4n) is 5.23. The average Bonchev–Trinajstić information content (AvgIpc) is 2.89. The second kappa shape index (κ2) is 12.3. The summed E-state index contributed by atoms with van der Waals surface area (Å²) in [5, 5.41) is 9.95. The molecule has 0 aromatic heterocycles. The molecule has 2 aliphatic rings. The van der Waals surface area contributed by atoms with Crippen molar-refractivity contribution in [3.63, 3.8) is 0 Å². The molecule has 0 bridgehead atoms. The molecule has 0 radical (unpaired) electrons. The van der Waals surface area contributed by atoms with E-state index >= 15 is 0 Å². The standard InChI is InChI=1S/C27H31Cl2NO7S/c1-2-21(16-38(34,35)22-10-12-36-13-11-22)30-25(17-6-8-19(28)9-7-17)26(18-4-3-5-20(29)14-18)37-23(27(30)33)15-24(31)32/h3-9,14,21-23,25-26H,2,10-13,15-16H2,1H3,(H,31,32). The Balaban J connectivity index is 1.81. The molecule has 2 aromatic rings. The molecule has 0 aliphatic carbocycles. The van der Waals surface area contributed by atoms with Crippen molar-refractivity contribution in [3.8, 4) is 0 Å². The maximum atomic E-state index is 13.9. The van der Waals surface area contributed by atoms with Gasteiger partial charge in [0.05, 0.1) is 23.5 Å². The van der Waals surface area contributed by atoms with Crippen molar-refractivity contribution in [2.24, 2.45) is 0 Å². The molecule has 11 heteroatoms. The van der Waals surface area contributed by atoms with Crippen LogP contribution in [0, 0.1) is 0 Å². The summed E-state index contributed by atoms with van der Waals surface area (Å²) >= 11 is 12.4. The molecule has 4 rings (SSSR count). The average molecular weight is 585 g/mol. The van der Waals surface area contributed by atoms with Crippen LogP contribution < -0.4 is 0 Å². The van der Waals surface area contributed by atoms with Gasteiger partial charge in [-0.05, 0) is 54.7 Å². The maximum Gasteiger partial charge on any atom is 0.306 e. The van der Waals surface area contributed by atoms with Crippen molar-refractivity contribution >= 4 is 44.9 Å². The topological polar surface area (TPSA) is 110 Å². The molecular weight excluding hydrogens is 553 g/mol. The highest BCUT2D eigenvalue weighted by atomic mass is 35.5. The number of carbonyl (C=O) groups is 2. The monoisotopic (exact) mass is 583 g/mol. The zero-order valence-electron chi connectivity index (χ0n) is 21.0. The number of hydrogen-bond acceptors (Lipinski definition) is 6. The Kier molecular flexibility index (Phi) is 9.36. The maximum absolute atomic E-state index is 13.9. The Morgan fingerprint density at radius 3 is 2.37 bits per heavy atom. The Morgan fingerprint density at radius 1 is 1.08 bits per heavy atom. The van der Waals surface area contributed by atoms with E-state index in [1.807, 2.05) is 6.92 Å². The van der Waals surface area contributed by atoms with Crippen molar-refractivity contribution < 1.29 is 32.6 Å². The zero-order valence-corrected chi connectivity index (χ0v) is 23.3. The van der Waals surface area contributed by atoms with Gasteiger partial charge in [-0.25, -0.2) is 8.42 Å². The number of sulfone groups is 1. The van der Waals surface area contributed by atoms with Gasteiger partial charge in [0, 0.05) is 29.3 Å². The van der Waals surface area contributed by atoms with Gasteiger partial charge in [0.15, 0.2) is 9.84 Å². The van der Waals surface area contributed by atoms with E-state index in [0.29, 0.717) is 53.6 Å². The summed E-state index contributed by atoms with van der Waals surface area (Å²) in [7, 11) is -3.58. The highest BCUT2D eigenvalue weighted by molar-refractivity contribution is 7.92. The second-order valence-electron chi connectivity index (χ2n) is 9.64. The van der Waals surface area contributed by atoms with Gasteiger partial charge in [0.2, 0.25) is 0 Å². The molecule has 1 N–H and O–H groups in total. The van der Waals surface area contributed by atoms with Crippen LogP contribution in [0.15, 0.2) is 48.5 Å². The SMILES string of the molecule is CCC(CS(=O)(=O)C1CCOCC1)N1C(=O)C(CC(=O)O)OC(c2cccc(Cl)c2)C1c1ccc(Cl)cc1. The number of morpholine rings is 1. The third kappa shape index (κ3) is 6.51. The highest BCUT2D eigenvalue weighted by Gasteiger charge is 2.48. The van der Waals surface area contributed by atoms with Crippen LogP contribution in [0.4, 0.5) is 0 Å². The Morgan fingerprint density at radius 2 is 1.76 bits per heavy atom. The number of rotatable bonds is 9. The fraction of sp³-hybridized carbons (Fsp3) is 0.481. The molecule has 0 saturated carbocycles. The molecule has 2 heterocycles. The van der Waals surface area contributed by atoms with E-state index < -0.39 is 57.7 Å². The first-order chi connectivity index (χ1) is 18.1. The first kappa shape index (κ1) is 28.8. The van der Waals surface area contributed by atoms with E-state index in [2.05, 4.69) is 0 Å². The van der Waals surface area contributed by atoms with Crippen LogP contribution in [0.2, 0.25) is 10.0 Å². The predicted octanol–water partition coefficient (Wildman–Crippen LogP) is 4.85. The summed E-state index contributed by atoms with van der Waals surface area (Å²) in [6.45, 7) is 2.58. The molecule has 4 atom stereocenters. The van der Waals surface area contributed by atoms with E-state index in [0.717, 1.165) is 0 Å². The summed E-state index contributed by atoms with van der Waals surface area (Å²) in [6, 6.07) is 12.4. The Bertz CT molecular complexity index is 1250. The lowest BCUT2D eigenvalue weighted by Gasteiger charge is -2.48. The summed E-state index contributed by atoms with van der Waals surface area (Å²) in [5.74, 6) is -1.99. The van der Waals surface area contributed by atoms with Gasteiger partial charge in [-0.1, -0.05) is 54.4 Å². The smallest absolute Gasteiger partial charge is 0.306 e. The van der Waals surface area contributed by atoms with Crippen LogP contribution in [0.25, 0.3) is 0 Å². The highest BCUT2D eigenvalue weighted by Crippen LogP contribution is 2.45. The molecule has 38 heavy (non-hydrogen) atoms. The van der Waals surface area contributed by atoms with Crippen LogP contribution in [-0.2, 0) is 28.9 Å². The first-order valence-electron chi connectivity index (χ1n) is 12.6. The van der Waals surface area contributed by atoms with Gasteiger partial charge in [-0.2, -0.15) is 0 Å². The number of carboxylic acids is 1. The van der Waals surface area contributed by atoms with E-state index in [1.54, 1.807) is 48.5 Å². The summed E-state index contributed by atoms with van der Waals surface area (Å²) in [5.41, 5.74) is 1.33. The minimum absolute atomic E-state index is 0.244. The van der Waals surface area contributed by atoms with Gasteiger partial charge in [-0.3, -0.25) is 9.59 Å². The summed E-state index contributed by atoms with van der Waals surface area (Å²) < 4.78 is 38.5. The lowest BCUT2D eigenvalue weighted by Crippen LogP contribution is -2.57. The van der Waals surface area contributed by atoms with Gasteiger partial charge >= 0.3 is 5.97 Å². The largest absolute Gasteiger partial charge is 0.481 e. The molecular formula is C27H31Cl2NO7S. The number of nitrogens with zero attached hydrogens (tertiary/aromatic N) is 1. The molecule has 2 aliphatic heterocycles. The van der Waals surface area contributed by atoms with Crippen molar-refractivity contribution in [2.75, 3.05) is 19.0 Å². The molecule has 0 spiro atoms. The second-order valence-corrected chi connectivity index (χ2v) is 12.8. The first-order valence-corrected chi connectivity index (χ1v) is 15.1. The van der Waals surface area contributed by atoms with E-state index in [4.69, 9.17) is 32.7 Å². The van der Waals surface area contributed by atoms with Crippen molar-refractivity contribution in [1.82, 2.24) is 4.90 Å². The Labute approximate surface area is 232 Å². The van der Waals surface area contributed by atoms with Crippen LogP contribution in [0.5, 0.6) is 0 Å². The number of hydrogen-bond donors (Lipinski definition) is 1. The van der Waals surface area contributed by atoms with Gasteiger partial charge in [0.1, 0.15) is 12.2 Å². The lowest BCUT2D eigenvalue weighted by molar-refractivity contribution is -0.182. The van der Waals surface area contributed by atoms with Crippen LogP contribution in [0.3, 0.4) is 0 Å². The Hall–Kier alpha value is -2.17. The number of aliphatic carboxylic acids is 1. The number of carboxylic acid groups (broad SMARTS) is 1. The number of benzene rings is 2. The predicted molar refractivity (Wildman–Crippen MR) is 144 cm³/mol. The van der Waals surface area contributed by atoms with Gasteiger partial charge in [0.25, 0.3) is 5.91 Å². The molecule has 2 aromatic carbocycles. The van der Waals surface area contributed by atoms with E-state index in [9.17, 15) is 23.1 Å². The lowest BCUT2D eigenvalue weighted by atomic mass is 9.89. The normalized spacial score (nSPS) is 23.8. The zero-order chi connectivity index (χ0) is 27.4. The number of halogens is 2. The molecule has 8 nitrogen and oxygen atoms in total. The van der Waals surface area contributed by atoms with E-state index in [1.165, 1.54) is 4.90 Å². The van der Waals surface area contributed by atoms with Crippen molar-refractivity contribution in [1.29, 1.82) is 0 Å². The van der Waals surface area contributed by atoms with Crippen molar-refractivity contribution in [3.05, 3.63) is 69.7 Å². The quantitative estimate of drug-likeness (QED) is 0.449. The summed E-state index contributed by atoms with van der Waals surface area (Å²) in [4.78, 5) is 27.1. The van der Waals surface area contributed by atoms with Gasteiger partial charge < -0.3 is 19.5 Å². The minimum Gasteiger partial charge on any atom is -0.481 e. The van der Waals surface area contributed by atoms with E-state index in [-0.39, 0.29) is 5.75 Å². The van der Waals surface area contributed by atoms with Crippen molar-refractivity contribution in [2.45, 2.75) is 62.1 Å². The third-order valence-corrected chi connectivity index (χ3v) is 9.97. The molecule has 1 amide bonds. The van der Waals surface area contributed by atoms with Gasteiger partial charge in [-0.15, -0.1) is 0 Å². The van der Waals surface area contributed by atoms with Crippen LogP contribution in [0.1, 0.15) is 55.9 Å². The number of carbonyl (C=O) groups excluding carboxylic acids is 1. The number of ether oxygens (including phenoxy) is 2.